The van der Waals surface area contributed by atoms with Gasteiger partial charge in [0.25, 0.3) is 0 Å². The normalized spacial score (nSPS) is 22.1. The summed E-state index contributed by atoms with van der Waals surface area (Å²) in [5.41, 5.74) is 0.871. The first-order valence-corrected chi connectivity index (χ1v) is 8.85. The number of thioether (sulfide) groups is 1. The number of nitrogens with zero attached hydrogens (tertiary/aromatic N) is 1. The third-order valence-corrected chi connectivity index (χ3v) is 5.11. The van der Waals surface area contributed by atoms with Gasteiger partial charge in [-0.05, 0) is 37.1 Å². The zero-order valence-corrected chi connectivity index (χ0v) is 14.3. The van der Waals surface area contributed by atoms with Crippen LogP contribution < -0.4 is 5.32 Å². The molecule has 1 aromatic rings. The third kappa shape index (κ3) is 3.61. The van der Waals surface area contributed by atoms with Crippen molar-refractivity contribution in [1.82, 2.24) is 10.2 Å². The van der Waals surface area contributed by atoms with Crippen molar-refractivity contribution in [2.45, 2.75) is 44.2 Å². The maximum Gasteiger partial charge on any atom is 0.240 e. The SMILES string of the molecule is CSc1ccccc1CNC(=O)C1(C)CCN1CC(C)C. The molecule has 0 bridgehead atoms. The van der Waals surface area contributed by atoms with E-state index in [-0.39, 0.29) is 11.4 Å². The van der Waals surface area contributed by atoms with Crippen LogP contribution >= 0.6 is 11.8 Å². The maximum atomic E-state index is 12.6. The van der Waals surface area contributed by atoms with Crippen LogP contribution in [0.1, 0.15) is 32.8 Å². The predicted octanol–water partition coefficient (Wildman–Crippen LogP) is 3.15. The number of hydrogen-bond donors (Lipinski definition) is 1. The fourth-order valence-corrected chi connectivity index (χ4v) is 3.43. The molecule has 1 fully saturated rings. The van der Waals surface area contributed by atoms with Gasteiger partial charge in [-0.3, -0.25) is 9.69 Å². The number of carbonyl (C=O) groups excluding carboxylic acids is 1. The van der Waals surface area contributed by atoms with Crippen molar-refractivity contribution in [3.05, 3.63) is 29.8 Å². The highest BCUT2D eigenvalue weighted by Crippen LogP contribution is 2.31. The van der Waals surface area contributed by atoms with Crippen molar-refractivity contribution in [2.75, 3.05) is 19.3 Å². The molecule has 1 heterocycles. The monoisotopic (exact) mass is 306 g/mol. The van der Waals surface area contributed by atoms with Gasteiger partial charge in [-0.15, -0.1) is 11.8 Å². The van der Waals surface area contributed by atoms with Gasteiger partial charge in [0, 0.05) is 24.5 Å². The molecule has 4 heteroatoms. The molecule has 0 aliphatic carbocycles. The number of rotatable bonds is 6. The van der Waals surface area contributed by atoms with E-state index in [0.29, 0.717) is 12.5 Å². The molecule has 1 N–H and O–H groups in total. The van der Waals surface area contributed by atoms with Crippen LogP contribution in [0.4, 0.5) is 0 Å². The molecule has 1 saturated heterocycles. The van der Waals surface area contributed by atoms with Crippen molar-refractivity contribution >= 4 is 17.7 Å². The molecular formula is C17H26N2OS. The van der Waals surface area contributed by atoms with Gasteiger partial charge in [-0.2, -0.15) is 0 Å². The van der Waals surface area contributed by atoms with Crippen molar-refractivity contribution in [3.8, 4) is 0 Å². The maximum absolute atomic E-state index is 12.6. The van der Waals surface area contributed by atoms with Gasteiger partial charge in [0.15, 0.2) is 0 Å². The number of amides is 1. The average molecular weight is 306 g/mol. The summed E-state index contributed by atoms with van der Waals surface area (Å²) in [6.45, 7) is 9.10. The highest BCUT2D eigenvalue weighted by Gasteiger charge is 2.46. The quantitative estimate of drug-likeness (QED) is 0.820. The molecule has 1 atom stereocenters. The lowest BCUT2D eigenvalue weighted by Gasteiger charge is -2.50. The molecule has 0 aromatic heterocycles. The molecule has 21 heavy (non-hydrogen) atoms. The van der Waals surface area contributed by atoms with Crippen LogP contribution in [0.5, 0.6) is 0 Å². The topological polar surface area (TPSA) is 32.3 Å². The van der Waals surface area contributed by atoms with Crippen LogP contribution in [0, 0.1) is 5.92 Å². The van der Waals surface area contributed by atoms with Crippen LogP contribution in [0.15, 0.2) is 29.2 Å². The Balaban J connectivity index is 1.95. The highest BCUT2D eigenvalue weighted by molar-refractivity contribution is 7.98. The molecule has 2 rings (SSSR count). The lowest BCUT2D eigenvalue weighted by atomic mass is 9.84. The van der Waals surface area contributed by atoms with E-state index in [0.717, 1.165) is 19.5 Å². The van der Waals surface area contributed by atoms with Gasteiger partial charge >= 0.3 is 0 Å². The van der Waals surface area contributed by atoms with Gasteiger partial charge in [-0.25, -0.2) is 0 Å². The van der Waals surface area contributed by atoms with E-state index in [1.54, 1.807) is 11.8 Å². The fourth-order valence-electron chi connectivity index (χ4n) is 2.81. The fraction of sp³-hybridized carbons (Fsp3) is 0.588. The lowest BCUT2D eigenvalue weighted by molar-refractivity contribution is -0.141. The summed E-state index contributed by atoms with van der Waals surface area (Å²) in [6, 6.07) is 8.25. The highest BCUT2D eigenvalue weighted by atomic mass is 32.2. The van der Waals surface area contributed by atoms with Gasteiger partial charge in [0.05, 0.1) is 5.54 Å². The lowest BCUT2D eigenvalue weighted by Crippen LogP contribution is -2.66. The van der Waals surface area contributed by atoms with E-state index in [2.05, 4.69) is 49.4 Å². The Morgan fingerprint density at radius 2 is 2.14 bits per heavy atom. The van der Waals surface area contributed by atoms with Gasteiger partial charge in [0.2, 0.25) is 5.91 Å². The number of nitrogens with one attached hydrogen (secondary N) is 1. The Labute approximate surface area is 132 Å². The Hall–Kier alpha value is -1.00. The Bertz CT molecular complexity index is 503. The van der Waals surface area contributed by atoms with E-state index in [4.69, 9.17) is 0 Å². The largest absolute Gasteiger partial charge is 0.350 e. The Morgan fingerprint density at radius 1 is 1.43 bits per heavy atom. The summed E-state index contributed by atoms with van der Waals surface area (Å²) in [5.74, 6) is 0.750. The summed E-state index contributed by atoms with van der Waals surface area (Å²) >= 11 is 1.72. The van der Waals surface area contributed by atoms with Gasteiger partial charge in [-0.1, -0.05) is 32.0 Å². The van der Waals surface area contributed by atoms with Gasteiger partial charge < -0.3 is 5.32 Å². The van der Waals surface area contributed by atoms with E-state index < -0.39 is 0 Å². The van der Waals surface area contributed by atoms with Crippen molar-refractivity contribution < 1.29 is 4.79 Å². The number of hydrogen-bond acceptors (Lipinski definition) is 3. The Morgan fingerprint density at radius 3 is 2.71 bits per heavy atom. The second kappa shape index (κ2) is 6.84. The van der Waals surface area contributed by atoms with Crippen LogP contribution in [-0.2, 0) is 11.3 Å². The molecule has 1 unspecified atom stereocenters. The first-order chi connectivity index (χ1) is 9.97. The second-order valence-corrected chi connectivity index (χ2v) is 7.21. The molecule has 3 nitrogen and oxygen atoms in total. The zero-order valence-electron chi connectivity index (χ0n) is 13.5. The second-order valence-electron chi connectivity index (χ2n) is 6.36. The van der Waals surface area contributed by atoms with Crippen molar-refractivity contribution in [3.63, 3.8) is 0 Å². The molecule has 0 radical (unpaired) electrons. The van der Waals surface area contributed by atoms with E-state index in [1.807, 2.05) is 12.1 Å². The van der Waals surface area contributed by atoms with Crippen LogP contribution in [0.2, 0.25) is 0 Å². The molecule has 1 aliphatic heterocycles. The first-order valence-electron chi connectivity index (χ1n) is 7.62. The molecule has 1 aromatic carbocycles. The molecule has 116 valence electrons. The minimum absolute atomic E-state index is 0.158. The molecule has 1 aliphatic rings. The van der Waals surface area contributed by atoms with Gasteiger partial charge in [0.1, 0.15) is 0 Å². The predicted molar refractivity (Wildman–Crippen MR) is 89.5 cm³/mol. The molecule has 0 spiro atoms. The standard InChI is InChI=1S/C17H26N2OS/c1-13(2)12-19-10-9-17(19,3)16(20)18-11-14-7-5-6-8-15(14)21-4/h5-8,13H,9-12H2,1-4H3,(H,18,20). The summed E-state index contributed by atoms with van der Waals surface area (Å²) < 4.78 is 0. The Kier molecular flexibility index (Phi) is 5.33. The summed E-state index contributed by atoms with van der Waals surface area (Å²) in [7, 11) is 0. The van der Waals surface area contributed by atoms with Crippen molar-refractivity contribution in [1.29, 1.82) is 0 Å². The molecular weight excluding hydrogens is 280 g/mol. The number of benzene rings is 1. The zero-order chi connectivity index (χ0) is 15.5. The smallest absolute Gasteiger partial charge is 0.240 e. The van der Waals surface area contributed by atoms with Crippen LogP contribution in [0.3, 0.4) is 0 Å². The number of carbonyl (C=O) groups is 1. The molecule has 1 amide bonds. The third-order valence-electron chi connectivity index (χ3n) is 4.27. The summed E-state index contributed by atoms with van der Waals surface area (Å²) in [5, 5.41) is 3.13. The van der Waals surface area contributed by atoms with Crippen LogP contribution in [-0.4, -0.2) is 35.7 Å². The first kappa shape index (κ1) is 16.4. The van der Waals surface area contributed by atoms with E-state index in [1.165, 1.54) is 10.5 Å². The van der Waals surface area contributed by atoms with Crippen molar-refractivity contribution in [2.24, 2.45) is 5.92 Å². The van der Waals surface area contributed by atoms with Crippen LogP contribution in [0.25, 0.3) is 0 Å². The average Bonchev–Trinajstić information content (AvgIpc) is 2.48. The summed E-state index contributed by atoms with van der Waals surface area (Å²) in [6.07, 6.45) is 3.02. The minimum Gasteiger partial charge on any atom is -0.350 e. The summed E-state index contributed by atoms with van der Waals surface area (Å²) in [4.78, 5) is 16.1. The molecule has 0 saturated carbocycles. The minimum atomic E-state index is -0.321. The van der Waals surface area contributed by atoms with E-state index >= 15 is 0 Å². The van der Waals surface area contributed by atoms with E-state index in [9.17, 15) is 4.79 Å². The number of likely N-dealkylation sites (tertiary alicyclic amines) is 1.